The zero-order chi connectivity index (χ0) is 18.6. The summed E-state index contributed by atoms with van der Waals surface area (Å²) in [6.45, 7) is 5.47. The topological polar surface area (TPSA) is 93.5 Å². The molecule has 7 nitrogen and oxygen atoms in total. The lowest BCUT2D eigenvalue weighted by molar-refractivity contribution is -0.384. The van der Waals surface area contributed by atoms with Crippen molar-refractivity contribution in [3.63, 3.8) is 0 Å². The molecule has 0 saturated heterocycles. The highest BCUT2D eigenvalue weighted by Gasteiger charge is 2.27. The number of carbonyl (C=O) groups is 1. The molecule has 0 bridgehead atoms. The molecule has 2 N–H and O–H groups in total. The van der Waals surface area contributed by atoms with E-state index < -0.39 is 16.6 Å². The van der Waals surface area contributed by atoms with Crippen molar-refractivity contribution in [2.45, 2.75) is 64.1 Å². The van der Waals surface area contributed by atoms with E-state index in [1.807, 2.05) is 20.8 Å². The molecule has 1 amide bonds. The number of hydrogen-bond acceptors (Lipinski definition) is 5. The molecule has 2 atom stereocenters. The lowest BCUT2D eigenvalue weighted by Crippen LogP contribution is -2.43. The number of benzene rings is 1. The highest BCUT2D eigenvalue weighted by molar-refractivity contribution is 9.10. The number of carbonyl (C=O) groups excluding carboxylic acids is 1. The SMILES string of the molecule is CC(C)(C)OC(=O)N[C@@H]1CCC[C@H](Nc2cccc(Br)c2[N+](=O)[O-])C1. The lowest BCUT2D eigenvalue weighted by atomic mass is 9.91. The molecule has 0 heterocycles. The molecule has 2 rings (SSSR count). The second kappa shape index (κ2) is 8.03. The molecule has 1 aliphatic carbocycles. The minimum Gasteiger partial charge on any atom is -0.444 e. The van der Waals surface area contributed by atoms with Crippen LogP contribution in [0.5, 0.6) is 0 Å². The molecular weight excluding hydrogens is 390 g/mol. The summed E-state index contributed by atoms with van der Waals surface area (Å²) in [6, 6.07) is 5.16. The van der Waals surface area contributed by atoms with E-state index in [4.69, 9.17) is 4.74 Å². The van der Waals surface area contributed by atoms with E-state index in [0.29, 0.717) is 16.6 Å². The number of halogens is 1. The molecule has 1 aliphatic rings. The quantitative estimate of drug-likeness (QED) is 0.555. The van der Waals surface area contributed by atoms with Gasteiger partial charge in [-0.05, 0) is 74.5 Å². The van der Waals surface area contributed by atoms with Gasteiger partial charge in [-0.3, -0.25) is 10.1 Å². The van der Waals surface area contributed by atoms with Gasteiger partial charge in [0, 0.05) is 12.1 Å². The van der Waals surface area contributed by atoms with Crippen molar-refractivity contribution in [3.05, 3.63) is 32.8 Å². The van der Waals surface area contributed by atoms with Gasteiger partial charge in [0.15, 0.2) is 0 Å². The van der Waals surface area contributed by atoms with E-state index in [-0.39, 0.29) is 17.8 Å². The molecule has 25 heavy (non-hydrogen) atoms. The van der Waals surface area contributed by atoms with Crippen molar-refractivity contribution >= 4 is 33.4 Å². The summed E-state index contributed by atoms with van der Waals surface area (Å²) in [7, 11) is 0. The Kier molecular flexibility index (Phi) is 6.26. The summed E-state index contributed by atoms with van der Waals surface area (Å²) in [5.74, 6) is 0. The van der Waals surface area contributed by atoms with Crippen molar-refractivity contribution in [2.24, 2.45) is 0 Å². The first-order chi connectivity index (χ1) is 11.7. The minimum atomic E-state index is -0.534. The van der Waals surface area contributed by atoms with Crippen molar-refractivity contribution in [2.75, 3.05) is 5.32 Å². The summed E-state index contributed by atoms with van der Waals surface area (Å²) >= 11 is 3.23. The third-order valence-corrected chi connectivity index (χ3v) is 4.56. The number of alkyl carbamates (subject to hydrolysis) is 1. The Labute approximate surface area is 155 Å². The van der Waals surface area contributed by atoms with Crippen molar-refractivity contribution in [1.82, 2.24) is 5.32 Å². The Morgan fingerprint density at radius 2 is 2.00 bits per heavy atom. The maximum absolute atomic E-state index is 11.9. The van der Waals surface area contributed by atoms with Crippen LogP contribution in [-0.4, -0.2) is 28.7 Å². The third kappa shape index (κ3) is 5.88. The predicted molar refractivity (Wildman–Crippen MR) is 99.8 cm³/mol. The average Bonchev–Trinajstić information content (AvgIpc) is 2.45. The van der Waals surface area contributed by atoms with E-state index in [1.165, 1.54) is 0 Å². The second-order valence-corrected chi connectivity index (χ2v) is 8.10. The van der Waals surface area contributed by atoms with Crippen LogP contribution < -0.4 is 10.6 Å². The van der Waals surface area contributed by atoms with Crippen LogP contribution >= 0.6 is 15.9 Å². The summed E-state index contributed by atoms with van der Waals surface area (Å²) in [5.41, 5.74) is -0.0140. The van der Waals surface area contributed by atoms with Crippen LogP contribution in [0.25, 0.3) is 0 Å². The molecule has 138 valence electrons. The summed E-state index contributed by atoms with van der Waals surface area (Å²) in [5, 5.41) is 17.4. The Morgan fingerprint density at radius 1 is 1.32 bits per heavy atom. The van der Waals surface area contributed by atoms with E-state index in [2.05, 4.69) is 26.6 Å². The van der Waals surface area contributed by atoms with Crippen LogP contribution in [0.2, 0.25) is 0 Å². The van der Waals surface area contributed by atoms with Crippen LogP contribution in [-0.2, 0) is 4.74 Å². The molecule has 0 aliphatic heterocycles. The van der Waals surface area contributed by atoms with Crippen molar-refractivity contribution in [3.8, 4) is 0 Å². The zero-order valence-corrected chi connectivity index (χ0v) is 16.3. The first-order valence-electron chi connectivity index (χ1n) is 8.34. The smallest absolute Gasteiger partial charge is 0.407 e. The van der Waals surface area contributed by atoms with Gasteiger partial charge in [-0.15, -0.1) is 0 Å². The monoisotopic (exact) mass is 413 g/mol. The maximum Gasteiger partial charge on any atom is 0.407 e. The average molecular weight is 414 g/mol. The number of nitrogens with one attached hydrogen (secondary N) is 2. The molecule has 1 aromatic carbocycles. The maximum atomic E-state index is 11.9. The van der Waals surface area contributed by atoms with Gasteiger partial charge in [-0.1, -0.05) is 6.07 Å². The van der Waals surface area contributed by atoms with Gasteiger partial charge in [-0.2, -0.15) is 0 Å². The Morgan fingerprint density at radius 3 is 2.64 bits per heavy atom. The molecule has 1 aromatic rings. The number of rotatable bonds is 4. The molecule has 1 fully saturated rings. The van der Waals surface area contributed by atoms with Crippen LogP contribution in [0.4, 0.5) is 16.2 Å². The molecule has 8 heteroatoms. The normalized spacial score (nSPS) is 20.6. The van der Waals surface area contributed by atoms with Crippen LogP contribution in [0.15, 0.2) is 22.7 Å². The number of amides is 1. The molecule has 0 spiro atoms. The lowest BCUT2D eigenvalue weighted by Gasteiger charge is -2.31. The number of para-hydroxylation sites is 1. The highest BCUT2D eigenvalue weighted by atomic mass is 79.9. The Hall–Kier alpha value is -1.83. The third-order valence-electron chi connectivity index (χ3n) is 3.92. The van der Waals surface area contributed by atoms with Crippen molar-refractivity contribution < 1.29 is 14.5 Å². The fourth-order valence-corrected chi connectivity index (χ4v) is 3.47. The summed E-state index contributed by atoms with van der Waals surface area (Å²) in [6.07, 6.45) is 2.98. The number of nitro benzene ring substituents is 1. The van der Waals surface area contributed by atoms with Gasteiger partial charge in [0.05, 0.1) is 9.40 Å². The summed E-state index contributed by atoms with van der Waals surface area (Å²) in [4.78, 5) is 22.8. The van der Waals surface area contributed by atoms with E-state index >= 15 is 0 Å². The zero-order valence-electron chi connectivity index (χ0n) is 14.7. The molecule has 0 aromatic heterocycles. The van der Waals surface area contributed by atoms with Crippen LogP contribution in [0.1, 0.15) is 46.5 Å². The van der Waals surface area contributed by atoms with E-state index in [9.17, 15) is 14.9 Å². The standard InChI is InChI=1S/C17H24BrN3O4/c1-17(2,3)25-16(22)20-12-7-4-6-11(10-12)19-14-9-5-8-13(18)15(14)21(23)24/h5,8-9,11-12,19H,4,6-7,10H2,1-3H3,(H,20,22)/t11-,12+/m0/s1. The second-order valence-electron chi connectivity index (χ2n) is 7.24. The van der Waals surface area contributed by atoms with E-state index in [1.54, 1.807) is 18.2 Å². The molecule has 1 saturated carbocycles. The summed E-state index contributed by atoms with van der Waals surface area (Å²) < 4.78 is 5.74. The number of hydrogen-bond donors (Lipinski definition) is 2. The fraction of sp³-hybridized carbons (Fsp3) is 0.588. The van der Waals surface area contributed by atoms with Crippen molar-refractivity contribution in [1.29, 1.82) is 0 Å². The predicted octanol–water partition coefficient (Wildman–Crippen LogP) is 4.61. The van der Waals surface area contributed by atoms with Gasteiger partial charge >= 0.3 is 11.8 Å². The Balaban J connectivity index is 1.99. The van der Waals surface area contributed by atoms with Crippen LogP contribution in [0.3, 0.4) is 0 Å². The van der Waals surface area contributed by atoms with Gasteiger partial charge in [0.2, 0.25) is 0 Å². The van der Waals surface area contributed by atoms with Gasteiger partial charge in [0.1, 0.15) is 11.3 Å². The van der Waals surface area contributed by atoms with E-state index in [0.717, 1.165) is 19.3 Å². The first kappa shape index (κ1) is 19.5. The van der Waals surface area contributed by atoms with Gasteiger partial charge in [0.25, 0.3) is 0 Å². The number of nitro groups is 1. The largest absolute Gasteiger partial charge is 0.444 e. The molecule has 0 unspecified atom stereocenters. The van der Waals surface area contributed by atoms with Crippen LogP contribution in [0, 0.1) is 10.1 Å². The fourth-order valence-electron chi connectivity index (χ4n) is 2.96. The van der Waals surface area contributed by atoms with Gasteiger partial charge < -0.3 is 15.4 Å². The Bertz CT molecular complexity index is 645. The first-order valence-corrected chi connectivity index (χ1v) is 9.14. The minimum absolute atomic E-state index is 0.00712. The molecular formula is C17H24BrN3O4. The number of ether oxygens (including phenoxy) is 1. The highest BCUT2D eigenvalue weighted by Crippen LogP contribution is 2.34. The number of nitrogens with zero attached hydrogens (tertiary/aromatic N) is 1. The van der Waals surface area contributed by atoms with Gasteiger partial charge in [-0.25, -0.2) is 4.79 Å². The number of anilines is 1. The molecule has 0 radical (unpaired) electrons.